The fourth-order valence-corrected chi connectivity index (χ4v) is 3.05. The predicted octanol–water partition coefficient (Wildman–Crippen LogP) is 6.14. The minimum Gasteiger partial charge on any atom is -0.481 e. The highest BCUT2D eigenvalue weighted by Gasteiger charge is 1.98. The van der Waals surface area contributed by atoms with Crippen LogP contribution in [0.2, 0.25) is 0 Å². The Labute approximate surface area is 188 Å². The molecule has 0 aromatic carbocycles. The predicted molar refractivity (Wildman–Crippen MR) is 124 cm³/mol. The molecule has 0 aromatic heterocycles. The first-order chi connectivity index (χ1) is 14.9. The van der Waals surface area contributed by atoms with Gasteiger partial charge in [0.05, 0.1) is 13.2 Å². The fraction of sp³-hybridized carbons (Fsp3) is 0.792. The number of hydrogen-bond donors (Lipinski definition) is 2. The SMILES string of the molecule is C=CC(=O)OCCCCCCCCCCCCCCCCCC(=O)O.CCOC(N)=O. The van der Waals surface area contributed by atoms with E-state index in [1.807, 2.05) is 0 Å². The van der Waals surface area contributed by atoms with E-state index in [1.165, 1.54) is 76.7 Å². The molecular weight excluding hydrogens is 398 g/mol. The maximum atomic E-state index is 10.8. The third-order valence-corrected chi connectivity index (χ3v) is 4.73. The highest BCUT2D eigenvalue weighted by atomic mass is 16.5. The van der Waals surface area contributed by atoms with Gasteiger partial charge in [-0.25, -0.2) is 9.59 Å². The summed E-state index contributed by atoms with van der Waals surface area (Å²) < 4.78 is 9.12. The lowest BCUT2D eigenvalue weighted by Crippen LogP contribution is -2.11. The molecule has 0 saturated heterocycles. The lowest BCUT2D eigenvalue weighted by atomic mass is 10.0. The zero-order chi connectivity index (χ0) is 23.6. The van der Waals surface area contributed by atoms with Gasteiger partial charge in [0.2, 0.25) is 0 Å². The Morgan fingerprint density at radius 2 is 1.13 bits per heavy atom. The molecule has 0 spiro atoms. The summed E-state index contributed by atoms with van der Waals surface area (Å²) in [6.45, 7) is 5.94. The van der Waals surface area contributed by atoms with E-state index < -0.39 is 12.1 Å². The van der Waals surface area contributed by atoms with Gasteiger partial charge in [-0.3, -0.25) is 4.79 Å². The van der Waals surface area contributed by atoms with Crippen LogP contribution in [0.1, 0.15) is 110 Å². The first kappa shape index (κ1) is 31.1. The van der Waals surface area contributed by atoms with E-state index in [0.717, 1.165) is 25.7 Å². The molecule has 0 radical (unpaired) electrons. The minimum atomic E-state index is -0.711. The molecule has 7 nitrogen and oxygen atoms in total. The normalized spacial score (nSPS) is 9.97. The molecule has 0 aliphatic rings. The molecular formula is C24H45NO6. The molecule has 182 valence electrons. The number of carboxylic acids is 1. The standard InChI is InChI=1S/C21H38O4.C3H7NO2/c1-2-21(24)25-19-17-15-13-11-9-7-5-3-4-6-8-10-12-14-16-18-20(22)23;1-2-6-3(4)5/h2H,1,3-19H2,(H,22,23);2H2,1H3,(H2,4,5). The molecule has 0 atom stereocenters. The number of esters is 1. The second-order valence-corrected chi connectivity index (χ2v) is 7.57. The number of hydrogen-bond acceptors (Lipinski definition) is 5. The van der Waals surface area contributed by atoms with Gasteiger partial charge in [-0.2, -0.15) is 0 Å². The Morgan fingerprint density at radius 3 is 1.42 bits per heavy atom. The van der Waals surface area contributed by atoms with Crippen LogP contribution >= 0.6 is 0 Å². The lowest BCUT2D eigenvalue weighted by molar-refractivity contribution is -0.138. The van der Waals surface area contributed by atoms with Crippen LogP contribution in [-0.2, 0) is 19.1 Å². The quantitative estimate of drug-likeness (QED) is 0.132. The summed E-state index contributed by atoms with van der Waals surface area (Å²) in [5, 5.41) is 8.55. The van der Waals surface area contributed by atoms with E-state index in [-0.39, 0.29) is 5.97 Å². The van der Waals surface area contributed by atoms with Crippen molar-refractivity contribution in [3.05, 3.63) is 12.7 Å². The number of amides is 1. The molecule has 0 fully saturated rings. The van der Waals surface area contributed by atoms with Crippen LogP contribution in [0.5, 0.6) is 0 Å². The topological polar surface area (TPSA) is 116 Å². The molecule has 0 aliphatic carbocycles. The first-order valence-corrected chi connectivity index (χ1v) is 11.9. The van der Waals surface area contributed by atoms with E-state index in [0.29, 0.717) is 19.6 Å². The van der Waals surface area contributed by atoms with Gasteiger partial charge < -0.3 is 20.3 Å². The lowest BCUT2D eigenvalue weighted by Gasteiger charge is -2.04. The zero-order valence-electron chi connectivity index (χ0n) is 19.6. The monoisotopic (exact) mass is 443 g/mol. The molecule has 7 heteroatoms. The molecule has 31 heavy (non-hydrogen) atoms. The van der Waals surface area contributed by atoms with Crippen molar-refractivity contribution in [2.45, 2.75) is 110 Å². The van der Waals surface area contributed by atoms with Gasteiger partial charge in [0.25, 0.3) is 0 Å². The van der Waals surface area contributed by atoms with Gasteiger partial charge >= 0.3 is 18.0 Å². The van der Waals surface area contributed by atoms with E-state index in [4.69, 9.17) is 9.84 Å². The largest absolute Gasteiger partial charge is 0.481 e. The molecule has 0 heterocycles. The molecule has 3 N–H and O–H groups in total. The Hall–Kier alpha value is -2.05. The Bertz CT molecular complexity index is 453. The highest BCUT2D eigenvalue weighted by molar-refractivity contribution is 5.81. The summed E-state index contributed by atoms with van der Waals surface area (Å²) in [7, 11) is 0. The van der Waals surface area contributed by atoms with Crippen molar-refractivity contribution in [1.29, 1.82) is 0 Å². The van der Waals surface area contributed by atoms with E-state index >= 15 is 0 Å². The van der Waals surface area contributed by atoms with Gasteiger partial charge in [0.15, 0.2) is 0 Å². The summed E-state index contributed by atoms with van der Waals surface area (Å²) in [6.07, 6.45) is 19.0. The van der Waals surface area contributed by atoms with Crippen molar-refractivity contribution < 1.29 is 29.0 Å². The summed E-state index contributed by atoms with van der Waals surface area (Å²) in [5.74, 6) is -0.993. The van der Waals surface area contributed by atoms with Crippen molar-refractivity contribution in [1.82, 2.24) is 0 Å². The van der Waals surface area contributed by atoms with Gasteiger partial charge in [0, 0.05) is 12.5 Å². The van der Waals surface area contributed by atoms with Crippen LogP contribution < -0.4 is 5.73 Å². The second kappa shape index (κ2) is 26.0. The van der Waals surface area contributed by atoms with Crippen molar-refractivity contribution >= 4 is 18.0 Å². The maximum Gasteiger partial charge on any atom is 0.404 e. The maximum absolute atomic E-state index is 10.8. The molecule has 0 aromatic rings. The Balaban J connectivity index is 0. The number of ether oxygens (including phenoxy) is 2. The van der Waals surface area contributed by atoms with E-state index in [2.05, 4.69) is 17.0 Å². The number of primary amides is 1. The number of rotatable bonds is 20. The van der Waals surface area contributed by atoms with Crippen LogP contribution in [-0.4, -0.2) is 36.4 Å². The van der Waals surface area contributed by atoms with Crippen LogP contribution in [0.3, 0.4) is 0 Å². The minimum absolute atomic E-state index is 0.321. The number of aliphatic carboxylic acids is 1. The van der Waals surface area contributed by atoms with Crippen molar-refractivity contribution in [2.75, 3.05) is 13.2 Å². The molecule has 0 bridgehead atoms. The average molecular weight is 444 g/mol. The first-order valence-electron chi connectivity index (χ1n) is 11.9. The van der Waals surface area contributed by atoms with Crippen molar-refractivity contribution in [2.24, 2.45) is 5.73 Å². The third-order valence-electron chi connectivity index (χ3n) is 4.73. The summed E-state index contributed by atoms with van der Waals surface area (Å²) in [6, 6.07) is 0. The van der Waals surface area contributed by atoms with E-state index in [9.17, 15) is 14.4 Å². The third kappa shape index (κ3) is 32.8. The number of carbonyl (C=O) groups excluding carboxylic acids is 2. The molecule has 1 amide bonds. The molecule has 0 unspecified atom stereocenters. The number of carboxylic acid groups (broad SMARTS) is 1. The average Bonchev–Trinajstić information content (AvgIpc) is 2.72. The van der Waals surface area contributed by atoms with Crippen LogP contribution in [0.25, 0.3) is 0 Å². The van der Waals surface area contributed by atoms with Crippen molar-refractivity contribution in [3.8, 4) is 0 Å². The van der Waals surface area contributed by atoms with Gasteiger partial charge in [0.1, 0.15) is 0 Å². The number of unbranched alkanes of at least 4 members (excludes halogenated alkanes) is 14. The molecule has 0 aliphatic heterocycles. The number of nitrogens with two attached hydrogens (primary N) is 1. The van der Waals surface area contributed by atoms with Crippen LogP contribution in [0.15, 0.2) is 12.7 Å². The van der Waals surface area contributed by atoms with E-state index in [1.54, 1.807) is 6.92 Å². The molecule has 0 rings (SSSR count). The Morgan fingerprint density at radius 1 is 0.742 bits per heavy atom. The summed E-state index contributed by atoms with van der Waals surface area (Å²) in [4.78, 5) is 30.8. The summed E-state index contributed by atoms with van der Waals surface area (Å²) >= 11 is 0. The van der Waals surface area contributed by atoms with Gasteiger partial charge in [-0.1, -0.05) is 90.0 Å². The van der Waals surface area contributed by atoms with Crippen LogP contribution in [0.4, 0.5) is 4.79 Å². The van der Waals surface area contributed by atoms with Gasteiger partial charge in [-0.15, -0.1) is 0 Å². The highest BCUT2D eigenvalue weighted by Crippen LogP contribution is 2.13. The smallest absolute Gasteiger partial charge is 0.404 e. The van der Waals surface area contributed by atoms with Gasteiger partial charge in [-0.05, 0) is 19.8 Å². The molecule has 0 saturated carbocycles. The summed E-state index contributed by atoms with van der Waals surface area (Å²) in [5.41, 5.74) is 4.54. The Kier molecular flexibility index (Phi) is 26.1. The van der Waals surface area contributed by atoms with Crippen LogP contribution in [0, 0.1) is 0 Å². The zero-order valence-corrected chi connectivity index (χ0v) is 19.6. The fourth-order valence-electron chi connectivity index (χ4n) is 3.05. The number of carbonyl (C=O) groups is 3. The second-order valence-electron chi connectivity index (χ2n) is 7.57. The van der Waals surface area contributed by atoms with Crippen molar-refractivity contribution in [3.63, 3.8) is 0 Å².